The molecule has 1 rings (SSSR count). The van der Waals surface area contributed by atoms with Gasteiger partial charge in [0.1, 0.15) is 0 Å². The molecular weight excluding hydrogens is 136 g/mol. The first-order valence-electron chi connectivity index (χ1n) is 4.32. The summed E-state index contributed by atoms with van der Waals surface area (Å²) in [7, 11) is 0. The van der Waals surface area contributed by atoms with Gasteiger partial charge in [-0.15, -0.1) is 5.92 Å². The van der Waals surface area contributed by atoms with E-state index in [4.69, 9.17) is 0 Å². The first-order valence-corrected chi connectivity index (χ1v) is 4.32. The summed E-state index contributed by atoms with van der Waals surface area (Å²) in [5, 5.41) is 3.32. The van der Waals surface area contributed by atoms with Crippen LogP contribution in [0.3, 0.4) is 0 Å². The largest absolute Gasteiger partial charge is 0.314 e. The molecule has 1 saturated heterocycles. The van der Waals surface area contributed by atoms with Crippen molar-refractivity contribution in [3.8, 4) is 11.8 Å². The Labute approximate surface area is 69.0 Å². The van der Waals surface area contributed by atoms with Crippen molar-refractivity contribution in [2.45, 2.75) is 13.3 Å². The van der Waals surface area contributed by atoms with Crippen molar-refractivity contribution in [3.63, 3.8) is 0 Å². The van der Waals surface area contributed by atoms with E-state index in [-0.39, 0.29) is 0 Å². The second-order valence-electron chi connectivity index (χ2n) is 2.73. The van der Waals surface area contributed by atoms with Gasteiger partial charge in [0.15, 0.2) is 0 Å². The van der Waals surface area contributed by atoms with E-state index in [9.17, 15) is 0 Å². The Morgan fingerprint density at radius 1 is 1.27 bits per heavy atom. The molecule has 1 aliphatic rings. The monoisotopic (exact) mass is 152 g/mol. The number of piperazine rings is 1. The molecule has 0 unspecified atom stereocenters. The maximum absolute atomic E-state index is 3.32. The molecular formula is C9H16N2. The number of nitrogens with one attached hydrogen (secondary N) is 1. The fourth-order valence-electron chi connectivity index (χ4n) is 1.16. The van der Waals surface area contributed by atoms with Gasteiger partial charge in [-0.3, -0.25) is 4.90 Å². The van der Waals surface area contributed by atoms with Gasteiger partial charge < -0.3 is 5.32 Å². The lowest BCUT2D eigenvalue weighted by Gasteiger charge is -2.24. The van der Waals surface area contributed by atoms with E-state index in [1.54, 1.807) is 0 Å². The molecule has 0 spiro atoms. The first kappa shape index (κ1) is 8.58. The Hall–Kier alpha value is -0.520. The quantitative estimate of drug-likeness (QED) is 0.544. The van der Waals surface area contributed by atoms with Crippen molar-refractivity contribution in [1.29, 1.82) is 0 Å². The smallest absolute Gasteiger partial charge is 0.0602 e. The zero-order valence-corrected chi connectivity index (χ0v) is 7.19. The standard InChI is InChI=1S/C9H16N2/c1-2-3-4-7-11-8-5-10-6-9-11/h10H,2,5-9H2,1H3. The minimum atomic E-state index is 0.954. The van der Waals surface area contributed by atoms with Crippen molar-refractivity contribution < 1.29 is 0 Å². The van der Waals surface area contributed by atoms with Gasteiger partial charge >= 0.3 is 0 Å². The fraction of sp³-hybridized carbons (Fsp3) is 0.778. The molecule has 1 N–H and O–H groups in total. The Bertz CT molecular complexity index is 149. The van der Waals surface area contributed by atoms with Gasteiger partial charge in [-0.05, 0) is 0 Å². The molecule has 2 nitrogen and oxygen atoms in total. The van der Waals surface area contributed by atoms with Crippen molar-refractivity contribution in [3.05, 3.63) is 0 Å². The van der Waals surface area contributed by atoms with Crippen LogP contribution in [0.4, 0.5) is 0 Å². The minimum absolute atomic E-state index is 0.954. The van der Waals surface area contributed by atoms with Crippen molar-refractivity contribution in [2.75, 3.05) is 32.7 Å². The second-order valence-corrected chi connectivity index (χ2v) is 2.73. The van der Waals surface area contributed by atoms with Gasteiger partial charge in [0, 0.05) is 32.6 Å². The van der Waals surface area contributed by atoms with E-state index >= 15 is 0 Å². The summed E-state index contributed by atoms with van der Waals surface area (Å²) in [6, 6.07) is 0. The Morgan fingerprint density at radius 2 is 2.00 bits per heavy atom. The highest BCUT2D eigenvalue weighted by molar-refractivity contribution is 5.00. The Balaban J connectivity index is 2.14. The van der Waals surface area contributed by atoms with Crippen LogP contribution in [-0.2, 0) is 0 Å². The molecule has 0 bridgehead atoms. The SMILES string of the molecule is CCC#CCN1CCNCC1. The Kier molecular flexibility index (Phi) is 4.03. The predicted molar refractivity (Wildman–Crippen MR) is 47.4 cm³/mol. The highest BCUT2D eigenvalue weighted by Crippen LogP contribution is 1.89. The lowest BCUT2D eigenvalue weighted by molar-refractivity contribution is 0.268. The van der Waals surface area contributed by atoms with E-state index in [0.29, 0.717) is 0 Å². The highest BCUT2D eigenvalue weighted by Gasteiger charge is 2.06. The zero-order valence-electron chi connectivity index (χ0n) is 7.19. The third kappa shape index (κ3) is 3.41. The molecule has 2 heteroatoms. The van der Waals surface area contributed by atoms with Gasteiger partial charge in [-0.1, -0.05) is 12.8 Å². The maximum Gasteiger partial charge on any atom is 0.0602 e. The van der Waals surface area contributed by atoms with E-state index in [2.05, 4.69) is 29.0 Å². The summed E-state index contributed by atoms with van der Waals surface area (Å²) in [6.07, 6.45) is 0.978. The van der Waals surface area contributed by atoms with Crippen LogP contribution in [0, 0.1) is 11.8 Å². The summed E-state index contributed by atoms with van der Waals surface area (Å²) >= 11 is 0. The van der Waals surface area contributed by atoms with E-state index < -0.39 is 0 Å². The number of rotatable bonds is 1. The van der Waals surface area contributed by atoms with Crippen LogP contribution in [0.1, 0.15) is 13.3 Å². The average molecular weight is 152 g/mol. The van der Waals surface area contributed by atoms with Crippen LogP contribution < -0.4 is 5.32 Å². The lowest BCUT2D eigenvalue weighted by atomic mass is 10.3. The second kappa shape index (κ2) is 5.17. The third-order valence-electron chi connectivity index (χ3n) is 1.81. The van der Waals surface area contributed by atoms with Gasteiger partial charge in [0.25, 0.3) is 0 Å². The number of hydrogen-bond acceptors (Lipinski definition) is 2. The summed E-state index contributed by atoms with van der Waals surface area (Å²) < 4.78 is 0. The number of nitrogens with zero attached hydrogens (tertiary/aromatic N) is 1. The van der Waals surface area contributed by atoms with Crippen LogP contribution in [0.2, 0.25) is 0 Å². The van der Waals surface area contributed by atoms with Crippen LogP contribution in [0.15, 0.2) is 0 Å². The lowest BCUT2D eigenvalue weighted by Crippen LogP contribution is -2.43. The summed E-state index contributed by atoms with van der Waals surface area (Å²) in [5.41, 5.74) is 0. The molecule has 11 heavy (non-hydrogen) atoms. The normalized spacial score (nSPS) is 19.0. The van der Waals surface area contributed by atoms with E-state index in [1.165, 1.54) is 0 Å². The van der Waals surface area contributed by atoms with E-state index in [0.717, 1.165) is 39.1 Å². The van der Waals surface area contributed by atoms with Gasteiger partial charge in [-0.25, -0.2) is 0 Å². The molecule has 1 aliphatic heterocycles. The molecule has 0 atom stereocenters. The molecule has 1 heterocycles. The van der Waals surface area contributed by atoms with Crippen LogP contribution in [0.25, 0.3) is 0 Å². The van der Waals surface area contributed by atoms with Gasteiger partial charge in [0.2, 0.25) is 0 Å². The van der Waals surface area contributed by atoms with Gasteiger partial charge in [0.05, 0.1) is 6.54 Å². The fourth-order valence-corrected chi connectivity index (χ4v) is 1.16. The number of hydrogen-bond donors (Lipinski definition) is 1. The van der Waals surface area contributed by atoms with Crippen molar-refractivity contribution in [2.24, 2.45) is 0 Å². The van der Waals surface area contributed by atoms with Crippen molar-refractivity contribution in [1.82, 2.24) is 10.2 Å². The first-order chi connectivity index (χ1) is 5.43. The topological polar surface area (TPSA) is 15.3 Å². The van der Waals surface area contributed by atoms with E-state index in [1.807, 2.05) is 0 Å². The van der Waals surface area contributed by atoms with Crippen LogP contribution in [-0.4, -0.2) is 37.6 Å². The summed E-state index contributed by atoms with van der Waals surface area (Å²) in [4.78, 5) is 2.39. The van der Waals surface area contributed by atoms with Gasteiger partial charge in [-0.2, -0.15) is 0 Å². The van der Waals surface area contributed by atoms with Crippen molar-refractivity contribution >= 4 is 0 Å². The molecule has 0 aromatic carbocycles. The molecule has 0 saturated carbocycles. The molecule has 0 aliphatic carbocycles. The molecule has 0 amide bonds. The highest BCUT2D eigenvalue weighted by atomic mass is 15.2. The Morgan fingerprint density at radius 3 is 2.64 bits per heavy atom. The zero-order chi connectivity index (χ0) is 7.94. The summed E-state index contributed by atoms with van der Waals surface area (Å²) in [5.74, 6) is 6.24. The molecule has 62 valence electrons. The van der Waals surface area contributed by atoms with Crippen LogP contribution in [0.5, 0.6) is 0 Å². The van der Waals surface area contributed by atoms with Crippen LogP contribution >= 0.6 is 0 Å². The molecule has 0 aromatic rings. The maximum atomic E-state index is 3.32. The average Bonchev–Trinajstić information content (AvgIpc) is 2.07. The minimum Gasteiger partial charge on any atom is -0.314 e. The molecule has 0 radical (unpaired) electrons. The molecule has 1 fully saturated rings. The molecule has 0 aromatic heterocycles. The summed E-state index contributed by atoms with van der Waals surface area (Å²) in [6.45, 7) is 7.58. The predicted octanol–water partition coefficient (Wildman–Crippen LogP) is 0.305. The third-order valence-corrected chi connectivity index (χ3v) is 1.81.